The number of ether oxygens (including phenoxy) is 1. The Hall–Kier alpha value is -1.16. The topological polar surface area (TPSA) is 42.1 Å². The van der Waals surface area contributed by atoms with Crippen LogP contribution < -0.4 is 4.74 Å². The van der Waals surface area contributed by atoms with E-state index in [2.05, 4.69) is 4.98 Å². The molecule has 0 unspecified atom stereocenters. The summed E-state index contributed by atoms with van der Waals surface area (Å²) in [5, 5.41) is 1.10. The third kappa shape index (κ3) is 2.48. The first-order valence-corrected chi connectivity index (χ1v) is 6.08. The van der Waals surface area contributed by atoms with Gasteiger partial charge in [-0.05, 0) is 18.2 Å². The Morgan fingerprint density at radius 1 is 1.17 bits per heavy atom. The van der Waals surface area contributed by atoms with Crippen molar-refractivity contribution in [2.24, 2.45) is 0 Å². The van der Waals surface area contributed by atoms with E-state index in [0.717, 1.165) is 0 Å². The number of benzene rings is 1. The van der Waals surface area contributed by atoms with Crippen molar-refractivity contribution in [1.82, 2.24) is 4.98 Å². The molecular formula is C12H8Cl3NO2. The van der Waals surface area contributed by atoms with Gasteiger partial charge in [-0.3, -0.25) is 4.79 Å². The molecule has 1 N–H and O–H groups in total. The van der Waals surface area contributed by atoms with Crippen molar-refractivity contribution in [3.05, 3.63) is 50.7 Å². The second-order valence-electron chi connectivity index (χ2n) is 3.53. The number of rotatable bonds is 3. The highest BCUT2D eigenvalue weighted by atomic mass is 35.5. The van der Waals surface area contributed by atoms with Crippen LogP contribution in [0, 0.1) is 0 Å². The zero-order valence-electron chi connectivity index (χ0n) is 9.26. The van der Waals surface area contributed by atoms with Crippen molar-refractivity contribution in [2.45, 2.75) is 0 Å². The summed E-state index contributed by atoms with van der Waals surface area (Å²) in [6.07, 6.45) is 1.52. The first kappa shape index (κ1) is 13.3. The molecule has 1 aromatic carbocycles. The third-order valence-corrected chi connectivity index (χ3v) is 3.07. The Morgan fingerprint density at radius 3 is 2.44 bits per heavy atom. The van der Waals surface area contributed by atoms with Gasteiger partial charge in [-0.1, -0.05) is 34.8 Å². The normalized spacial score (nSPS) is 10.4. The number of methoxy groups -OCH3 is 1. The maximum atomic E-state index is 12.3. The fourth-order valence-electron chi connectivity index (χ4n) is 1.58. The summed E-state index contributed by atoms with van der Waals surface area (Å²) >= 11 is 17.6. The predicted octanol–water partition coefficient (Wildman–Crippen LogP) is 4.21. The summed E-state index contributed by atoms with van der Waals surface area (Å²) in [5.41, 5.74) is 0.630. The minimum Gasteiger partial charge on any atom is -0.494 e. The molecule has 2 rings (SSSR count). The Bertz CT molecular complexity index is 607. The molecule has 0 bridgehead atoms. The number of H-pyrrole nitrogens is 1. The molecule has 94 valence electrons. The number of aromatic nitrogens is 1. The van der Waals surface area contributed by atoms with Gasteiger partial charge in [0.05, 0.1) is 28.4 Å². The molecule has 0 aliphatic rings. The molecule has 3 nitrogen and oxygen atoms in total. The van der Waals surface area contributed by atoms with Gasteiger partial charge >= 0.3 is 0 Å². The van der Waals surface area contributed by atoms with Gasteiger partial charge in [-0.2, -0.15) is 0 Å². The van der Waals surface area contributed by atoms with Gasteiger partial charge in [0, 0.05) is 11.2 Å². The van der Waals surface area contributed by atoms with Crippen LogP contribution in [-0.2, 0) is 0 Å². The van der Waals surface area contributed by atoms with Gasteiger partial charge in [0.2, 0.25) is 5.78 Å². The molecular weight excluding hydrogens is 296 g/mol. The summed E-state index contributed by atoms with van der Waals surface area (Å²) in [6.45, 7) is 0. The molecule has 0 radical (unpaired) electrons. The highest BCUT2D eigenvalue weighted by molar-refractivity contribution is 6.37. The van der Waals surface area contributed by atoms with Crippen LogP contribution in [-0.4, -0.2) is 17.9 Å². The zero-order valence-corrected chi connectivity index (χ0v) is 11.5. The Kier molecular flexibility index (Phi) is 3.85. The van der Waals surface area contributed by atoms with E-state index in [1.54, 1.807) is 0 Å². The summed E-state index contributed by atoms with van der Waals surface area (Å²) in [4.78, 5) is 15.0. The summed E-state index contributed by atoms with van der Waals surface area (Å²) in [6, 6.07) is 4.54. The molecule has 0 atom stereocenters. The number of ketones is 1. The van der Waals surface area contributed by atoms with Gasteiger partial charge in [-0.25, -0.2) is 0 Å². The van der Waals surface area contributed by atoms with Crippen molar-refractivity contribution in [1.29, 1.82) is 0 Å². The Morgan fingerprint density at radius 2 is 1.89 bits per heavy atom. The second kappa shape index (κ2) is 5.22. The quantitative estimate of drug-likeness (QED) is 0.863. The van der Waals surface area contributed by atoms with Crippen LogP contribution in [0.2, 0.25) is 15.1 Å². The zero-order chi connectivity index (χ0) is 13.3. The van der Waals surface area contributed by atoms with Crippen LogP contribution in [0.4, 0.5) is 0 Å². The second-order valence-corrected chi connectivity index (χ2v) is 4.81. The first-order valence-electron chi connectivity index (χ1n) is 4.94. The maximum Gasteiger partial charge on any atom is 0.213 e. The van der Waals surface area contributed by atoms with Crippen LogP contribution in [0.5, 0.6) is 5.75 Å². The average molecular weight is 305 g/mol. The van der Waals surface area contributed by atoms with Crippen molar-refractivity contribution in [2.75, 3.05) is 7.11 Å². The van der Waals surface area contributed by atoms with Gasteiger partial charge in [0.25, 0.3) is 0 Å². The van der Waals surface area contributed by atoms with E-state index >= 15 is 0 Å². The molecule has 0 fully saturated rings. The van der Waals surface area contributed by atoms with Gasteiger partial charge in [0.15, 0.2) is 0 Å². The van der Waals surface area contributed by atoms with E-state index in [4.69, 9.17) is 39.5 Å². The minimum absolute atomic E-state index is 0.283. The number of nitrogens with one attached hydrogen (secondary N) is 1. The molecule has 0 aliphatic carbocycles. The molecule has 0 aliphatic heterocycles. The van der Waals surface area contributed by atoms with Crippen LogP contribution in [0.15, 0.2) is 24.4 Å². The molecule has 1 aromatic heterocycles. The number of halogens is 3. The number of hydrogen-bond acceptors (Lipinski definition) is 2. The van der Waals surface area contributed by atoms with E-state index < -0.39 is 0 Å². The maximum absolute atomic E-state index is 12.3. The van der Waals surface area contributed by atoms with Gasteiger partial charge in [-0.15, -0.1) is 0 Å². The first-order chi connectivity index (χ1) is 8.52. The molecule has 1 heterocycles. The lowest BCUT2D eigenvalue weighted by Gasteiger charge is -2.09. The fraction of sp³-hybridized carbons (Fsp3) is 0.0833. The van der Waals surface area contributed by atoms with Crippen molar-refractivity contribution >= 4 is 40.6 Å². The van der Waals surface area contributed by atoms with Crippen LogP contribution in [0.25, 0.3) is 0 Å². The molecule has 2 aromatic rings. The molecule has 0 amide bonds. The number of aromatic amines is 1. The van der Waals surface area contributed by atoms with Crippen molar-refractivity contribution in [3.63, 3.8) is 0 Å². The van der Waals surface area contributed by atoms with Gasteiger partial charge in [0.1, 0.15) is 5.75 Å². The SMILES string of the molecule is COc1c(Cl)cc(Cl)cc1C(=O)c1cc(Cl)c[nH]1. The van der Waals surface area contributed by atoms with E-state index in [-0.39, 0.29) is 22.1 Å². The van der Waals surface area contributed by atoms with Crippen molar-refractivity contribution < 1.29 is 9.53 Å². The molecule has 0 spiro atoms. The lowest BCUT2D eigenvalue weighted by Crippen LogP contribution is -2.04. The highest BCUT2D eigenvalue weighted by Crippen LogP contribution is 2.33. The monoisotopic (exact) mass is 303 g/mol. The molecule has 6 heteroatoms. The van der Waals surface area contributed by atoms with Crippen LogP contribution in [0.1, 0.15) is 16.1 Å². The van der Waals surface area contributed by atoms with E-state index in [9.17, 15) is 4.79 Å². The average Bonchev–Trinajstić information content (AvgIpc) is 2.74. The molecule has 18 heavy (non-hydrogen) atoms. The van der Waals surface area contributed by atoms with E-state index in [1.165, 1.54) is 31.5 Å². The third-order valence-electron chi connectivity index (χ3n) is 2.35. The Balaban J connectivity index is 2.53. The smallest absolute Gasteiger partial charge is 0.213 e. The number of carbonyl (C=O) groups is 1. The van der Waals surface area contributed by atoms with E-state index in [1.807, 2.05) is 0 Å². The van der Waals surface area contributed by atoms with Crippen molar-refractivity contribution in [3.8, 4) is 5.75 Å². The predicted molar refractivity (Wildman–Crippen MR) is 72.2 cm³/mol. The summed E-state index contributed by atoms with van der Waals surface area (Å²) in [5.74, 6) is -0.0000564. The molecule has 0 saturated heterocycles. The highest BCUT2D eigenvalue weighted by Gasteiger charge is 2.19. The summed E-state index contributed by atoms with van der Waals surface area (Å²) < 4.78 is 5.12. The van der Waals surface area contributed by atoms with Crippen LogP contribution in [0.3, 0.4) is 0 Å². The number of hydrogen-bond donors (Lipinski definition) is 1. The minimum atomic E-state index is -0.289. The number of carbonyl (C=O) groups excluding carboxylic acids is 1. The fourth-order valence-corrected chi connectivity index (χ4v) is 2.31. The largest absolute Gasteiger partial charge is 0.494 e. The lowest BCUT2D eigenvalue weighted by molar-refractivity contribution is 0.103. The molecule has 0 saturated carbocycles. The van der Waals surface area contributed by atoms with Crippen LogP contribution >= 0.6 is 34.8 Å². The summed E-state index contributed by atoms with van der Waals surface area (Å²) in [7, 11) is 1.44. The van der Waals surface area contributed by atoms with E-state index in [0.29, 0.717) is 15.7 Å². The van der Waals surface area contributed by atoms with Gasteiger partial charge < -0.3 is 9.72 Å². The lowest BCUT2D eigenvalue weighted by atomic mass is 10.1. The Labute approximate surface area is 119 Å². The standard InChI is InChI=1S/C12H8Cl3NO2/c1-18-12-8(2-6(13)3-9(12)15)11(17)10-4-7(14)5-16-10/h2-5,16H,1H3.